The van der Waals surface area contributed by atoms with Crippen molar-refractivity contribution in [3.05, 3.63) is 182 Å². The molecule has 0 aliphatic carbocycles. The number of hydrogen-bond donors (Lipinski definition) is 0. The smallest absolute Gasteiger partial charge is 0.164 e. The Hall–Kier alpha value is -7.63. The number of fused-ring (bicyclic) bond motifs is 11. The highest BCUT2D eigenvalue weighted by atomic mass is 16.3. The minimum atomic E-state index is 0.610. The fraction of sp³-hybridized carbons (Fsp3) is 0. The highest BCUT2D eigenvalue weighted by Gasteiger charge is 2.19. The van der Waals surface area contributed by atoms with E-state index < -0.39 is 0 Å². The van der Waals surface area contributed by atoms with Gasteiger partial charge in [-0.15, -0.1) is 0 Å². The number of hydrogen-bond acceptors (Lipinski definition) is 4. The first-order valence-corrected chi connectivity index (χ1v) is 18.8. The van der Waals surface area contributed by atoms with Gasteiger partial charge in [-0.1, -0.05) is 133 Å². The fourth-order valence-electron chi connectivity index (χ4n) is 8.53. The van der Waals surface area contributed by atoms with Crippen LogP contribution in [0.25, 0.3) is 116 Å². The quantitative estimate of drug-likeness (QED) is 0.182. The predicted octanol–water partition coefficient (Wildman–Crippen LogP) is 13.3. The first-order valence-electron chi connectivity index (χ1n) is 18.8. The average molecular weight is 715 g/mol. The third-order valence-corrected chi connectivity index (χ3v) is 11.2. The molecular formula is C51H30N4O. The van der Waals surface area contributed by atoms with Gasteiger partial charge in [0, 0.05) is 49.3 Å². The Labute approximate surface area is 320 Å². The van der Waals surface area contributed by atoms with E-state index in [-0.39, 0.29) is 0 Å². The lowest BCUT2D eigenvalue weighted by molar-refractivity contribution is 0.669. The lowest BCUT2D eigenvalue weighted by Crippen LogP contribution is -2.00. The molecule has 0 fully saturated rings. The molecule has 260 valence electrons. The first kappa shape index (κ1) is 30.8. The molecule has 0 amide bonds. The minimum absolute atomic E-state index is 0.610. The largest absolute Gasteiger partial charge is 0.456 e. The summed E-state index contributed by atoms with van der Waals surface area (Å²) in [7, 11) is 0. The summed E-state index contributed by atoms with van der Waals surface area (Å²) in [5, 5.41) is 11.7. The van der Waals surface area contributed by atoms with Gasteiger partial charge in [0.1, 0.15) is 11.2 Å². The van der Waals surface area contributed by atoms with Crippen LogP contribution in [-0.2, 0) is 0 Å². The maximum atomic E-state index is 6.55. The van der Waals surface area contributed by atoms with E-state index in [1.165, 1.54) is 43.4 Å². The Bertz CT molecular complexity index is 3470. The summed E-state index contributed by atoms with van der Waals surface area (Å²) in [6, 6.07) is 64.0. The normalized spacial score (nSPS) is 11.9. The van der Waals surface area contributed by atoms with Gasteiger partial charge in [-0.05, 0) is 75.5 Å². The zero-order valence-corrected chi connectivity index (χ0v) is 30.0. The Morgan fingerprint density at radius 2 is 0.946 bits per heavy atom. The maximum Gasteiger partial charge on any atom is 0.164 e. The highest BCUT2D eigenvalue weighted by Crippen LogP contribution is 2.41. The number of nitrogens with zero attached hydrogens (tertiary/aromatic N) is 4. The summed E-state index contributed by atoms with van der Waals surface area (Å²) in [4.78, 5) is 15.0. The molecule has 0 spiro atoms. The van der Waals surface area contributed by atoms with Gasteiger partial charge >= 0.3 is 0 Å². The summed E-state index contributed by atoms with van der Waals surface area (Å²) in [5.41, 5.74) is 7.91. The van der Waals surface area contributed by atoms with E-state index in [2.05, 4.69) is 114 Å². The zero-order chi connectivity index (χ0) is 36.7. The molecule has 3 aromatic heterocycles. The maximum absolute atomic E-state index is 6.55. The Morgan fingerprint density at radius 3 is 1.70 bits per heavy atom. The van der Waals surface area contributed by atoms with Crippen LogP contribution in [0.1, 0.15) is 0 Å². The molecule has 9 aromatic carbocycles. The molecular weight excluding hydrogens is 685 g/mol. The van der Waals surface area contributed by atoms with E-state index in [0.717, 1.165) is 55.1 Å². The molecule has 0 radical (unpaired) electrons. The van der Waals surface area contributed by atoms with Gasteiger partial charge in [0.2, 0.25) is 0 Å². The van der Waals surface area contributed by atoms with Crippen LogP contribution in [-0.4, -0.2) is 19.5 Å². The molecule has 0 saturated carbocycles. The average Bonchev–Trinajstić information content (AvgIpc) is 3.81. The van der Waals surface area contributed by atoms with Gasteiger partial charge < -0.3 is 8.98 Å². The molecule has 0 aliphatic heterocycles. The predicted molar refractivity (Wildman–Crippen MR) is 230 cm³/mol. The summed E-state index contributed by atoms with van der Waals surface area (Å²) in [6.45, 7) is 0. The van der Waals surface area contributed by atoms with Crippen LogP contribution in [0.3, 0.4) is 0 Å². The van der Waals surface area contributed by atoms with Crippen LogP contribution in [0.15, 0.2) is 186 Å². The molecule has 5 heteroatoms. The Morgan fingerprint density at radius 1 is 0.357 bits per heavy atom. The van der Waals surface area contributed by atoms with Crippen molar-refractivity contribution in [3.8, 4) is 39.9 Å². The van der Waals surface area contributed by atoms with Crippen molar-refractivity contribution in [2.75, 3.05) is 0 Å². The van der Waals surface area contributed by atoms with Crippen LogP contribution in [0.4, 0.5) is 0 Å². The van der Waals surface area contributed by atoms with Crippen LogP contribution in [0.5, 0.6) is 0 Å². The monoisotopic (exact) mass is 714 g/mol. The fourth-order valence-corrected chi connectivity index (χ4v) is 8.53. The highest BCUT2D eigenvalue weighted by molar-refractivity contribution is 6.22. The third kappa shape index (κ3) is 4.71. The minimum Gasteiger partial charge on any atom is -0.456 e. The van der Waals surface area contributed by atoms with E-state index >= 15 is 0 Å². The molecule has 12 rings (SSSR count). The standard InChI is InChI=1S/C51H30N4O/c1-3-12-33(13-4-1)49-52-50(34-14-5-2-6-15-34)54-51(53-49)37-22-25-45-43(28-37)47-41-30-38(23-19-32(41)21-26-46(47)56-45)55-44-29-36-17-8-7-16-35(36)27-42(44)40-24-20-31-11-9-10-18-39(31)48(40)55/h1-30H. The Balaban J connectivity index is 1.11. The SMILES string of the molecule is c1ccc(-c2nc(-c3ccccc3)nc(-c3ccc4oc5ccc6ccc(-n7c8cc9ccccc9cc8c8ccc9ccccc9c87)cc6c5c4c3)n2)cc1. The second-order valence-corrected chi connectivity index (χ2v) is 14.4. The number of furan rings is 1. The molecule has 0 aliphatic rings. The first-order chi connectivity index (χ1) is 27.7. The van der Waals surface area contributed by atoms with Crippen molar-refractivity contribution in [2.24, 2.45) is 0 Å². The van der Waals surface area contributed by atoms with Crippen LogP contribution >= 0.6 is 0 Å². The molecule has 3 heterocycles. The number of rotatable bonds is 4. The van der Waals surface area contributed by atoms with E-state index in [9.17, 15) is 0 Å². The van der Waals surface area contributed by atoms with Gasteiger partial charge in [-0.2, -0.15) is 0 Å². The van der Waals surface area contributed by atoms with Crippen molar-refractivity contribution in [1.82, 2.24) is 19.5 Å². The van der Waals surface area contributed by atoms with Crippen molar-refractivity contribution in [3.63, 3.8) is 0 Å². The van der Waals surface area contributed by atoms with Crippen molar-refractivity contribution in [1.29, 1.82) is 0 Å². The molecule has 0 N–H and O–H groups in total. The van der Waals surface area contributed by atoms with Crippen LogP contribution < -0.4 is 0 Å². The summed E-state index contributed by atoms with van der Waals surface area (Å²) in [6.07, 6.45) is 0. The lowest BCUT2D eigenvalue weighted by Gasteiger charge is -2.12. The van der Waals surface area contributed by atoms with Crippen LogP contribution in [0.2, 0.25) is 0 Å². The van der Waals surface area contributed by atoms with E-state index in [1.807, 2.05) is 72.8 Å². The van der Waals surface area contributed by atoms with E-state index in [1.54, 1.807) is 0 Å². The molecule has 0 bridgehead atoms. The molecule has 0 saturated heterocycles. The second kappa shape index (κ2) is 11.9. The second-order valence-electron chi connectivity index (χ2n) is 14.4. The Kier molecular flexibility index (Phi) is 6.56. The molecule has 0 atom stereocenters. The van der Waals surface area contributed by atoms with Crippen LogP contribution in [0, 0.1) is 0 Å². The number of aromatic nitrogens is 4. The van der Waals surface area contributed by atoms with Gasteiger partial charge in [-0.25, -0.2) is 15.0 Å². The van der Waals surface area contributed by atoms with E-state index in [0.29, 0.717) is 17.5 Å². The molecule has 0 unspecified atom stereocenters. The summed E-state index contributed by atoms with van der Waals surface area (Å²) >= 11 is 0. The van der Waals surface area contributed by atoms with Gasteiger partial charge in [0.25, 0.3) is 0 Å². The van der Waals surface area contributed by atoms with Crippen molar-refractivity contribution >= 4 is 76.1 Å². The molecule has 56 heavy (non-hydrogen) atoms. The molecule has 12 aromatic rings. The number of benzene rings is 9. The van der Waals surface area contributed by atoms with Gasteiger partial charge in [-0.3, -0.25) is 0 Å². The van der Waals surface area contributed by atoms with Gasteiger partial charge in [0.05, 0.1) is 11.0 Å². The van der Waals surface area contributed by atoms with Crippen molar-refractivity contribution in [2.45, 2.75) is 0 Å². The lowest BCUT2D eigenvalue weighted by atomic mass is 10.0. The third-order valence-electron chi connectivity index (χ3n) is 11.2. The summed E-state index contributed by atoms with van der Waals surface area (Å²) in [5.74, 6) is 1.88. The topological polar surface area (TPSA) is 56.7 Å². The zero-order valence-electron chi connectivity index (χ0n) is 30.0. The van der Waals surface area contributed by atoms with Gasteiger partial charge in [0.15, 0.2) is 17.5 Å². The van der Waals surface area contributed by atoms with E-state index in [4.69, 9.17) is 19.4 Å². The summed E-state index contributed by atoms with van der Waals surface area (Å²) < 4.78 is 9.01. The van der Waals surface area contributed by atoms with Crippen molar-refractivity contribution < 1.29 is 4.42 Å². The molecule has 5 nitrogen and oxygen atoms in total.